The van der Waals surface area contributed by atoms with Crippen LogP contribution in [-0.2, 0) is 0 Å². The number of benzene rings is 1. The van der Waals surface area contributed by atoms with Gasteiger partial charge in [-0.2, -0.15) is 0 Å². The van der Waals surface area contributed by atoms with E-state index in [-0.39, 0.29) is 0 Å². The largest absolute Gasteiger partial charge is 0.318 e. The minimum atomic E-state index is 0.500. The summed E-state index contributed by atoms with van der Waals surface area (Å²) in [6.07, 6.45) is 0. The second-order valence-electron chi connectivity index (χ2n) is 5.65. The van der Waals surface area contributed by atoms with Crippen LogP contribution < -0.4 is 5.32 Å². The maximum Gasteiger partial charge on any atom is 0.0473 e. The monoisotopic (exact) mass is 261 g/mol. The van der Waals surface area contributed by atoms with Gasteiger partial charge in [0.05, 0.1) is 0 Å². The summed E-state index contributed by atoms with van der Waals surface area (Å²) in [5.74, 6) is 0. The van der Waals surface area contributed by atoms with Crippen LogP contribution in [0.3, 0.4) is 0 Å². The fourth-order valence-corrected chi connectivity index (χ4v) is 2.89. The Labute approximate surface area is 117 Å². The molecule has 1 aliphatic heterocycles. The molecular formula is C16H27N3. The van der Waals surface area contributed by atoms with Crippen LogP contribution in [0.25, 0.3) is 0 Å². The van der Waals surface area contributed by atoms with Gasteiger partial charge in [-0.25, -0.2) is 0 Å². The zero-order valence-corrected chi connectivity index (χ0v) is 12.5. The van der Waals surface area contributed by atoms with Crippen molar-refractivity contribution in [3.63, 3.8) is 0 Å². The van der Waals surface area contributed by atoms with Crippen LogP contribution in [0.15, 0.2) is 30.3 Å². The second-order valence-corrected chi connectivity index (χ2v) is 5.65. The molecule has 1 unspecified atom stereocenters. The van der Waals surface area contributed by atoms with Crippen molar-refractivity contribution in [1.29, 1.82) is 0 Å². The van der Waals surface area contributed by atoms with Crippen LogP contribution in [0.2, 0.25) is 0 Å². The van der Waals surface area contributed by atoms with Crippen LogP contribution in [0.4, 0.5) is 0 Å². The summed E-state index contributed by atoms with van der Waals surface area (Å²) >= 11 is 0. The van der Waals surface area contributed by atoms with Crippen molar-refractivity contribution in [2.45, 2.75) is 25.9 Å². The summed E-state index contributed by atoms with van der Waals surface area (Å²) in [6.45, 7) is 10.3. The molecule has 1 heterocycles. The number of rotatable bonds is 5. The standard InChI is InChI=1S/C16H27N3/c1-14(2)18-9-11-19(12-10-18)16(13-17-3)15-7-5-4-6-8-15/h4-8,14,16-17H,9-13H2,1-3H3. The van der Waals surface area contributed by atoms with Crippen molar-refractivity contribution in [1.82, 2.24) is 15.1 Å². The summed E-state index contributed by atoms with van der Waals surface area (Å²) in [4.78, 5) is 5.18. The summed E-state index contributed by atoms with van der Waals surface area (Å²) in [7, 11) is 2.04. The quantitative estimate of drug-likeness (QED) is 0.874. The van der Waals surface area contributed by atoms with Gasteiger partial charge in [-0.3, -0.25) is 9.80 Å². The van der Waals surface area contributed by atoms with E-state index in [1.165, 1.54) is 31.7 Å². The fraction of sp³-hybridized carbons (Fsp3) is 0.625. The van der Waals surface area contributed by atoms with Crippen molar-refractivity contribution >= 4 is 0 Å². The van der Waals surface area contributed by atoms with Crippen LogP contribution in [0.5, 0.6) is 0 Å². The van der Waals surface area contributed by atoms with E-state index in [9.17, 15) is 0 Å². The summed E-state index contributed by atoms with van der Waals surface area (Å²) < 4.78 is 0. The molecule has 1 aromatic carbocycles. The molecule has 2 rings (SSSR count). The summed E-state index contributed by atoms with van der Waals surface area (Å²) in [6, 6.07) is 12.0. The van der Waals surface area contributed by atoms with Gasteiger partial charge in [-0.05, 0) is 26.5 Å². The Morgan fingerprint density at radius 2 is 1.58 bits per heavy atom. The Morgan fingerprint density at radius 3 is 2.11 bits per heavy atom. The minimum Gasteiger partial charge on any atom is -0.318 e. The molecule has 1 aliphatic rings. The molecule has 0 spiro atoms. The number of hydrogen-bond acceptors (Lipinski definition) is 3. The van der Waals surface area contributed by atoms with Gasteiger partial charge in [-0.1, -0.05) is 30.3 Å². The molecule has 1 aromatic rings. The van der Waals surface area contributed by atoms with Gasteiger partial charge >= 0.3 is 0 Å². The molecule has 0 bridgehead atoms. The van der Waals surface area contributed by atoms with Crippen molar-refractivity contribution in [3.05, 3.63) is 35.9 Å². The summed E-state index contributed by atoms with van der Waals surface area (Å²) in [5.41, 5.74) is 1.43. The molecule has 0 radical (unpaired) electrons. The van der Waals surface area contributed by atoms with Crippen molar-refractivity contribution < 1.29 is 0 Å². The van der Waals surface area contributed by atoms with Crippen LogP contribution in [0.1, 0.15) is 25.5 Å². The van der Waals surface area contributed by atoms with E-state index < -0.39 is 0 Å². The van der Waals surface area contributed by atoms with Gasteiger partial charge in [0.1, 0.15) is 0 Å². The van der Waals surface area contributed by atoms with Crippen LogP contribution in [-0.4, -0.2) is 55.6 Å². The zero-order valence-electron chi connectivity index (χ0n) is 12.5. The van der Waals surface area contributed by atoms with E-state index in [1.54, 1.807) is 0 Å². The first-order chi connectivity index (χ1) is 9.22. The molecule has 19 heavy (non-hydrogen) atoms. The topological polar surface area (TPSA) is 18.5 Å². The van der Waals surface area contributed by atoms with Gasteiger partial charge in [0.2, 0.25) is 0 Å². The Balaban J connectivity index is 2.01. The number of likely N-dealkylation sites (N-methyl/N-ethyl adjacent to an activating group) is 1. The lowest BCUT2D eigenvalue weighted by atomic mass is 10.0. The molecule has 3 heteroatoms. The first-order valence-corrected chi connectivity index (χ1v) is 7.40. The highest BCUT2D eigenvalue weighted by atomic mass is 15.3. The van der Waals surface area contributed by atoms with E-state index >= 15 is 0 Å². The number of hydrogen-bond donors (Lipinski definition) is 1. The molecule has 0 amide bonds. The Kier molecular flexibility index (Phi) is 5.37. The minimum absolute atomic E-state index is 0.500. The Bertz CT molecular complexity index is 356. The fourth-order valence-electron chi connectivity index (χ4n) is 2.89. The lowest BCUT2D eigenvalue weighted by Crippen LogP contribution is -2.51. The molecule has 1 saturated heterocycles. The van der Waals surface area contributed by atoms with Crippen molar-refractivity contribution in [3.8, 4) is 0 Å². The molecule has 0 aromatic heterocycles. The second kappa shape index (κ2) is 7.04. The first-order valence-electron chi connectivity index (χ1n) is 7.40. The third-order valence-electron chi connectivity index (χ3n) is 4.10. The van der Waals surface area contributed by atoms with Gasteiger partial charge in [0.25, 0.3) is 0 Å². The maximum absolute atomic E-state index is 3.34. The summed E-state index contributed by atoms with van der Waals surface area (Å²) in [5, 5.41) is 3.34. The molecule has 1 fully saturated rings. The van der Waals surface area contributed by atoms with E-state index in [2.05, 4.69) is 59.3 Å². The highest BCUT2D eigenvalue weighted by molar-refractivity contribution is 5.19. The Hall–Kier alpha value is -0.900. The molecule has 0 aliphatic carbocycles. The van der Waals surface area contributed by atoms with E-state index in [0.717, 1.165) is 6.54 Å². The number of nitrogens with zero attached hydrogens (tertiary/aromatic N) is 2. The molecule has 106 valence electrons. The maximum atomic E-state index is 3.34. The van der Waals surface area contributed by atoms with Crippen LogP contribution >= 0.6 is 0 Å². The molecule has 1 N–H and O–H groups in total. The van der Waals surface area contributed by atoms with Gasteiger partial charge < -0.3 is 5.32 Å². The van der Waals surface area contributed by atoms with Gasteiger partial charge in [-0.15, -0.1) is 0 Å². The zero-order chi connectivity index (χ0) is 13.7. The van der Waals surface area contributed by atoms with Crippen LogP contribution in [0, 0.1) is 0 Å². The average Bonchev–Trinajstić information content (AvgIpc) is 2.46. The first kappa shape index (κ1) is 14.5. The predicted molar refractivity (Wildman–Crippen MR) is 81.4 cm³/mol. The number of nitrogens with one attached hydrogen (secondary N) is 1. The van der Waals surface area contributed by atoms with Crippen molar-refractivity contribution in [2.75, 3.05) is 39.8 Å². The molecule has 3 nitrogen and oxygen atoms in total. The smallest absolute Gasteiger partial charge is 0.0473 e. The van der Waals surface area contributed by atoms with E-state index in [4.69, 9.17) is 0 Å². The van der Waals surface area contributed by atoms with E-state index in [0.29, 0.717) is 12.1 Å². The highest BCUT2D eigenvalue weighted by Crippen LogP contribution is 2.21. The van der Waals surface area contributed by atoms with Gasteiger partial charge in [0, 0.05) is 44.8 Å². The lowest BCUT2D eigenvalue weighted by Gasteiger charge is -2.41. The molecule has 0 saturated carbocycles. The third-order valence-corrected chi connectivity index (χ3v) is 4.10. The number of piperazine rings is 1. The SMILES string of the molecule is CNCC(c1ccccc1)N1CCN(C(C)C)CC1. The molecule has 1 atom stereocenters. The Morgan fingerprint density at radius 1 is 1.00 bits per heavy atom. The van der Waals surface area contributed by atoms with E-state index in [1.807, 2.05) is 7.05 Å². The van der Waals surface area contributed by atoms with Gasteiger partial charge in [0.15, 0.2) is 0 Å². The van der Waals surface area contributed by atoms with Crippen molar-refractivity contribution in [2.24, 2.45) is 0 Å². The highest BCUT2D eigenvalue weighted by Gasteiger charge is 2.25. The third kappa shape index (κ3) is 3.78. The average molecular weight is 261 g/mol. The lowest BCUT2D eigenvalue weighted by molar-refractivity contribution is 0.0780. The molecular weight excluding hydrogens is 234 g/mol. The normalized spacial score (nSPS) is 19.8. The predicted octanol–water partition coefficient (Wildman–Crippen LogP) is 1.97.